The van der Waals surface area contributed by atoms with Crippen LogP contribution < -0.4 is 0 Å². The van der Waals surface area contributed by atoms with E-state index in [1.165, 1.54) is 6.61 Å². The van der Waals surface area contributed by atoms with Gasteiger partial charge >= 0.3 is 48.2 Å². The van der Waals surface area contributed by atoms with E-state index in [0.717, 1.165) is 0 Å². The molecule has 0 aromatic rings. The van der Waals surface area contributed by atoms with Crippen LogP contribution in [0.5, 0.6) is 0 Å². The summed E-state index contributed by atoms with van der Waals surface area (Å²) in [5, 5.41) is 10.3. The van der Waals surface area contributed by atoms with Crippen LogP contribution in [0, 0.1) is 37.7 Å². The number of hydrogen-bond acceptors (Lipinski definition) is 5. The number of hydrogen-bond donors (Lipinski definition) is 1. The monoisotopic (exact) mass is 613 g/mol. The van der Waals surface area contributed by atoms with Crippen LogP contribution in [-0.2, 0) is 17.7 Å². The molecular weight excluding hydrogens is 578 g/mol. The second kappa shape index (κ2) is 9.19. The summed E-state index contributed by atoms with van der Waals surface area (Å²) >= 11 is 0. The maximum absolute atomic E-state index is 10.3. The van der Waals surface area contributed by atoms with E-state index in [4.69, 9.17) is 17.7 Å². The average Bonchev–Trinajstić information content (AvgIpc) is 2.77. The Bertz CT molecular complexity index is 417. The maximum Gasteiger partial charge on any atom is 2.00 e. The van der Waals surface area contributed by atoms with Gasteiger partial charge in [-0.15, -0.1) is 0 Å². The minimum atomic E-state index is -2.63. The predicted molar refractivity (Wildman–Crippen MR) is 99.0 cm³/mol. The predicted octanol–water partition coefficient (Wildman–Crippen LogP) is 3.86. The van der Waals surface area contributed by atoms with E-state index < -0.39 is 29.3 Å². The van der Waals surface area contributed by atoms with Gasteiger partial charge < -0.3 is 22.8 Å². The van der Waals surface area contributed by atoms with Gasteiger partial charge in [0.1, 0.15) is 0 Å². The van der Waals surface area contributed by atoms with Gasteiger partial charge in [0.25, 0.3) is 0 Å². The van der Waals surface area contributed by atoms with E-state index in [-0.39, 0.29) is 48.3 Å². The van der Waals surface area contributed by atoms with E-state index in [1.807, 2.05) is 0 Å². The first-order valence-electron chi connectivity index (χ1n) is 9.25. The fourth-order valence-corrected chi connectivity index (χ4v) is 15.2. The van der Waals surface area contributed by atoms with Crippen molar-refractivity contribution in [3.63, 3.8) is 0 Å². The third-order valence-corrected chi connectivity index (χ3v) is 15.7. The molecule has 2 aliphatic rings. The van der Waals surface area contributed by atoms with Gasteiger partial charge in [-0.05, 0) is 28.3 Å². The summed E-state index contributed by atoms with van der Waals surface area (Å²) in [5.41, 5.74) is 1.16. The Morgan fingerprint density at radius 1 is 0.880 bits per heavy atom. The average molecular weight is 614 g/mol. The Kier molecular flexibility index (Phi) is 8.94. The minimum absolute atomic E-state index is 0. The molecule has 0 spiro atoms. The van der Waals surface area contributed by atoms with Crippen LogP contribution in [0.25, 0.3) is 0 Å². The van der Waals surface area contributed by atoms with Crippen molar-refractivity contribution in [1.29, 1.82) is 0 Å². The third kappa shape index (κ3) is 4.49. The van der Waals surface area contributed by atoms with Crippen molar-refractivity contribution in [2.24, 2.45) is 0 Å². The summed E-state index contributed by atoms with van der Waals surface area (Å²) in [5.74, 6) is 0. The first-order chi connectivity index (χ1) is 11.1. The summed E-state index contributed by atoms with van der Waals surface area (Å²) in [6, 6.07) is 0. The fourth-order valence-electron chi connectivity index (χ4n) is 3.97. The molecule has 0 aromatic heterocycles. The molecule has 3 atom stereocenters. The van der Waals surface area contributed by atoms with Gasteiger partial charge in [-0.1, -0.05) is 55.4 Å². The molecule has 3 unspecified atom stereocenters. The Morgan fingerprint density at radius 3 is 1.80 bits per heavy atom. The smallest absolute Gasteiger partial charge is 0.544 e. The van der Waals surface area contributed by atoms with Gasteiger partial charge in [0, 0.05) is 0 Å². The van der Waals surface area contributed by atoms with Crippen molar-refractivity contribution in [2.45, 2.75) is 95.9 Å². The second-order valence-corrected chi connectivity index (χ2v) is 17.2. The van der Waals surface area contributed by atoms with Crippen molar-refractivity contribution in [2.75, 3.05) is 6.61 Å². The van der Waals surface area contributed by atoms with Crippen LogP contribution in [0.1, 0.15) is 55.4 Å². The zero-order chi connectivity index (χ0) is 18.3. The Labute approximate surface area is 179 Å². The molecule has 0 amide bonds. The fraction of sp³-hybridized carbons (Fsp3) is 0.941. The van der Waals surface area contributed by atoms with Crippen LogP contribution in [-0.4, -0.2) is 47.1 Å². The molecule has 0 radical (unpaired) electrons. The Balaban J connectivity index is 0.00000312. The van der Waals surface area contributed by atoms with Crippen molar-refractivity contribution >= 4 is 17.1 Å². The van der Waals surface area contributed by atoms with E-state index in [2.05, 4.69) is 55.4 Å². The van der Waals surface area contributed by atoms with Crippen LogP contribution in [0.2, 0.25) is 22.2 Å². The van der Waals surface area contributed by atoms with Crippen LogP contribution in [0.3, 0.4) is 0 Å². The first kappa shape index (κ1) is 24.3. The molecule has 0 bridgehead atoms. The number of aliphatic hydroxyl groups is 1. The SMILES string of the molecule is CC(C)[Si]1(C(C)C)OCC2O[CH-]C(O)C2O[Si](C(C)C)(C(C)C)O1.[U+2]. The molecule has 8 heteroatoms. The molecule has 1 N–H and O–H groups in total. The number of aliphatic hydroxyl groups excluding tert-OH is 1. The molecule has 25 heavy (non-hydrogen) atoms. The van der Waals surface area contributed by atoms with Gasteiger partial charge in [-0.2, -0.15) is 6.61 Å². The summed E-state index contributed by atoms with van der Waals surface area (Å²) in [6.07, 6.45) is -1.37. The van der Waals surface area contributed by atoms with Gasteiger partial charge in [0.05, 0.1) is 18.8 Å². The quantitative estimate of drug-likeness (QED) is 0.386. The number of rotatable bonds is 4. The molecule has 0 aromatic carbocycles. The molecule has 2 heterocycles. The van der Waals surface area contributed by atoms with E-state index in [0.29, 0.717) is 17.7 Å². The molecule has 0 saturated carbocycles. The molecule has 2 aliphatic heterocycles. The number of ether oxygens (including phenoxy) is 1. The minimum Gasteiger partial charge on any atom is -0.544 e. The standard InChI is InChI=1S/C17H35O5Si2.U/c1-11(2)23(12(3)4)20-10-16-17(15(18)9-19-16)21-24(22-23,13(5)6)14(7)8;/h9,11-18H,10H2,1-8H3;/q-1;+2. The van der Waals surface area contributed by atoms with Gasteiger partial charge in [-0.25, -0.2) is 0 Å². The van der Waals surface area contributed by atoms with E-state index >= 15 is 0 Å². The third-order valence-electron chi connectivity index (χ3n) is 5.43. The topological polar surface area (TPSA) is 57.2 Å². The Morgan fingerprint density at radius 2 is 1.36 bits per heavy atom. The summed E-state index contributed by atoms with van der Waals surface area (Å²) < 4.78 is 25.9. The van der Waals surface area contributed by atoms with Crippen LogP contribution >= 0.6 is 0 Å². The largest absolute Gasteiger partial charge is 2.00 e. The first-order valence-corrected chi connectivity index (χ1v) is 13.2. The van der Waals surface area contributed by atoms with Crippen molar-refractivity contribution in [3.8, 4) is 0 Å². The second-order valence-electron chi connectivity index (χ2n) is 8.36. The van der Waals surface area contributed by atoms with Gasteiger partial charge in [0.2, 0.25) is 0 Å². The Hall–Kier alpha value is 1.29. The van der Waals surface area contributed by atoms with Crippen LogP contribution in [0.15, 0.2) is 0 Å². The van der Waals surface area contributed by atoms with Crippen molar-refractivity contribution in [1.82, 2.24) is 0 Å². The van der Waals surface area contributed by atoms with Gasteiger partial charge in [0.15, 0.2) is 0 Å². The zero-order valence-corrected chi connectivity index (χ0v) is 23.1. The summed E-state index contributed by atoms with van der Waals surface area (Å²) in [4.78, 5) is 0. The van der Waals surface area contributed by atoms with Gasteiger partial charge in [-0.3, -0.25) is 0 Å². The normalized spacial score (nSPS) is 31.8. The number of fused-ring (bicyclic) bond motifs is 1. The summed E-state index contributed by atoms with van der Waals surface area (Å²) in [6.45, 7) is 19.4. The molecule has 144 valence electrons. The molecule has 5 nitrogen and oxygen atoms in total. The van der Waals surface area contributed by atoms with E-state index in [9.17, 15) is 5.11 Å². The molecule has 2 fully saturated rings. The molecule has 0 aliphatic carbocycles. The van der Waals surface area contributed by atoms with Crippen molar-refractivity contribution < 1.29 is 53.9 Å². The molecule has 2 rings (SSSR count). The van der Waals surface area contributed by atoms with Crippen LogP contribution in [0.4, 0.5) is 0 Å². The zero-order valence-electron chi connectivity index (χ0n) is 16.9. The summed E-state index contributed by atoms with van der Waals surface area (Å²) in [7, 11) is -5.13. The molecular formula is C17H35O5Si2U+. The van der Waals surface area contributed by atoms with E-state index in [1.54, 1.807) is 0 Å². The molecule has 2 saturated heterocycles. The van der Waals surface area contributed by atoms with Crippen molar-refractivity contribution in [3.05, 3.63) is 6.61 Å². The maximum atomic E-state index is 10.3.